The molecule has 0 aliphatic carbocycles. The Kier molecular flexibility index (Phi) is 2.49. The van der Waals surface area contributed by atoms with Crippen LogP contribution in [0.2, 0.25) is 0 Å². The maximum Gasteiger partial charge on any atom is 0.234 e. The number of fused-ring (bicyclic) bond motifs is 1. The van der Waals surface area contributed by atoms with E-state index in [0.29, 0.717) is 11.3 Å². The van der Waals surface area contributed by atoms with Gasteiger partial charge in [-0.25, -0.2) is 22.0 Å². The fourth-order valence-electron chi connectivity index (χ4n) is 1.45. The van der Waals surface area contributed by atoms with Crippen molar-refractivity contribution in [2.24, 2.45) is 0 Å². The van der Waals surface area contributed by atoms with Gasteiger partial charge in [-0.05, 0) is 0 Å². The summed E-state index contributed by atoms with van der Waals surface area (Å²) in [7, 11) is 0. The van der Waals surface area contributed by atoms with Gasteiger partial charge in [-0.1, -0.05) is 11.3 Å². The Labute approximate surface area is 105 Å². The lowest BCUT2D eigenvalue weighted by Gasteiger charge is -2.04. The highest BCUT2D eigenvalue weighted by atomic mass is 32.1. The van der Waals surface area contributed by atoms with Crippen LogP contribution in [0.15, 0.2) is 6.33 Å². The van der Waals surface area contributed by atoms with Gasteiger partial charge in [0.1, 0.15) is 6.33 Å². The molecule has 0 spiro atoms. The monoisotopic (exact) mass is 292 g/mol. The first kappa shape index (κ1) is 12.0. The van der Waals surface area contributed by atoms with Gasteiger partial charge in [0.25, 0.3) is 0 Å². The molecule has 0 bridgehead atoms. The topological polar surface area (TPSA) is 43.1 Å². The molecule has 10 heteroatoms. The third kappa shape index (κ3) is 1.59. The third-order valence-electron chi connectivity index (χ3n) is 2.31. The maximum absolute atomic E-state index is 13.5. The van der Waals surface area contributed by atoms with Crippen molar-refractivity contribution in [2.45, 2.75) is 0 Å². The lowest BCUT2D eigenvalue weighted by molar-refractivity contribution is 0.381. The Morgan fingerprint density at radius 2 is 1.47 bits per heavy atom. The minimum absolute atomic E-state index is 0.166. The summed E-state index contributed by atoms with van der Waals surface area (Å²) in [6.45, 7) is 0. The first-order chi connectivity index (χ1) is 9.00. The molecule has 0 atom stereocenters. The first-order valence-electron chi connectivity index (χ1n) is 4.69. The Balaban J connectivity index is 2.33. The van der Waals surface area contributed by atoms with Crippen molar-refractivity contribution in [3.63, 3.8) is 0 Å². The van der Waals surface area contributed by atoms with E-state index in [4.69, 9.17) is 0 Å². The van der Waals surface area contributed by atoms with Crippen LogP contribution in [0.5, 0.6) is 0 Å². The van der Waals surface area contributed by atoms with Crippen LogP contribution in [0.25, 0.3) is 15.5 Å². The molecule has 0 unspecified atom stereocenters. The minimum atomic E-state index is -2.21. The SMILES string of the molecule is Fc1c(F)c(F)c(-c2nn3cnnc3s2)c(F)c1F. The summed E-state index contributed by atoms with van der Waals surface area (Å²) < 4.78 is 67.1. The first-order valence-corrected chi connectivity index (χ1v) is 5.51. The molecular formula is C9HF5N4S. The number of hydrogen-bond donors (Lipinski definition) is 0. The maximum atomic E-state index is 13.5. The van der Waals surface area contributed by atoms with Crippen molar-refractivity contribution < 1.29 is 22.0 Å². The van der Waals surface area contributed by atoms with E-state index >= 15 is 0 Å². The molecule has 19 heavy (non-hydrogen) atoms. The molecule has 1 aromatic carbocycles. The van der Waals surface area contributed by atoms with Crippen molar-refractivity contribution in [3.8, 4) is 10.6 Å². The summed E-state index contributed by atoms with van der Waals surface area (Å²) >= 11 is 0.651. The second kappa shape index (κ2) is 3.95. The fourth-order valence-corrected chi connectivity index (χ4v) is 2.31. The molecule has 98 valence electrons. The molecule has 2 aromatic heterocycles. The van der Waals surface area contributed by atoms with Gasteiger partial charge in [0.05, 0.1) is 5.56 Å². The minimum Gasteiger partial charge on any atom is -0.203 e. The van der Waals surface area contributed by atoms with Crippen LogP contribution in [0.1, 0.15) is 0 Å². The number of rotatable bonds is 1. The summed E-state index contributed by atoms with van der Waals surface area (Å²) in [5.41, 5.74) is -1.08. The van der Waals surface area contributed by atoms with Gasteiger partial charge in [-0.3, -0.25) is 0 Å². The van der Waals surface area contributed by atoms with Crippen molar-refractivity contribution in [2.75, 3.05) is 0 Å². The largest absolute Gasteiger partial charge is 0.234 e. The number of aromatic nitrogens is 4. The molecule has 0 aliphatic rings. The van der Waals surface area contributed by atoms with Crippen molar-refractivity contribution >= 4 is 16.3 Å². The fraction of sp³-hybridized carbons (Fsp3) is 0. The molecule has 0 aliphatic heterocycles. The van der Waals surface area contributed by atoms with Crippen LogP contribution in [0, 0.1) is 29.1 Å². The summed E-state index contributed by atoms with van der Waals surface area (Å²) in [5, 5.41) is 10.3. The average molecular weight is 292 g/mol. The molecule has 0 saturated heterocycles. The zero-order chi connectivity index (χ0) is 13.7. The third-order valence-corrected chi connectivity index (χ3v) is 3.24. The quantitative estimate of drug-likeness (QED) is 0.393. The van der Waals surface area contributed by atoms with Gasteiger partial charge in [0.2, 0.25) is 10.8 Å². The van der Waals surface area contributed by atoms with E-state index in [0.717, 1.165) is 10.8 Å². The molecule has 3 rings (SSSR count). The summed E-state index contributed by atoms with van der Waals surface area (Å²) in [6.07, 6.45) is 1.14. The van der Waals surface area contributed by atoms with Crippen molar-refractivity contribution in [1.82, 2.24) is 19.8 Å². The van der Waals surface area contributed by atoms with Crippen LogP contribution in [0.4, 0.5) is 22.0 Å². The lowest BCUT2D eigenvalue weighted by atomic mass is 10.2. The second-order valence-corrected chi connectivity index (χ2v) is 4.37. The zero-order valence-corrected chi connectivity index (χ0v) is 9.48. The van der Waals surface area contributed by atoms with Gasteiger partial charge in [0, 0.05) is 0 Å². The highest BCUT2D eigenvalue weighted by Gasteiger charge is 2.28. The van der Waals surface area contributed by atoms with Gasteiger partial charge in [-0.2, -0.15) is 9.61 Å². The predicted octanol–water partition coefficient (Wildman–Crippen LogP) is 2.55. The molecular weight excluding hydrogens is 291 g/mol. The molecule has 4 nitrogen and oxygen atoms in total. The number of halogens is 5. The number of benzene rings is 1. The Bertz CT molecular complexity index is 738. The lowest BCUT2D eigenvalue weighted by Crippen LogP contribution is -2.04. The normalized spacial score (nSPS) is 11.4. The standard InChI is InChI=1S/C9HF5N4S/c10-3-2(4(11)6(13)7(14)5(3)12)8-17-18-1-15-16-9(18)19-8/h1H. The summed E-state index contributed by atoms with van der Waals surface area (Å²) in [5.74, 6) is -10.1. The van der Waals surface area contributed by atoms with Crippen LogP contribution < -0.4 is 0 Å². The van der Waals surface area contributed by atoms with Crippen LogP contribution in [-0.2, 0) is 0 Å². The van der Waals surface area contributed by atoms with E-state index < -0.39 is 34.6 Å². The molecule has 0 fully saturated rings. The van der Waals surface area contributed by atoms with Crippen LogP contribution in [-0.4, -0.2) is 19.8 Å². The molecule has 0 radical (unpaired) electrons. The van der Waals surface area contributed by atoms with E-state index in [2.05, 4.69) is 15.3 Å². The van der Waals surface area contributed by atoms with E-state index in [9.17, 15) is 22.0 Å². The Hall–Kier alpha value is -2.10. The smallest absolute Gasteiger partial charge is 0.203 e. The van der Waals surface area contributed by atoms with Crippen LogP contribution in [0.3, 0.4) is 0 Å². The number of nitrogens with zero attached hydrogens (tertiary/aromatic N) is 4. The van der Waals surface area contributed by atoms with E-state index in [1.165, 1.54) is 0 Å². The van der Waals surface area contributed by atoms with Crippen molar-refractivity contribution in [1.29, 1.82) is 0 Å². The molecule has 3 aromatic rings. The average Bonchev–Trinajstić information content (AvgIpc) is 2.95. The van der Waals surface area contributed by atoms with Crippen LogP contribution >= 0.6 is 11.3 Å². The van der Waals surface area contributed by atoms with Gasteiger partial charge >= 0.3 is 0 Å². The highest BCUT2D eigenvalue weighted by Crippen LogP contribution is 2.33. The van der Waals surface area contributed by atoms with E-state index in [-0.39, 0.29) is 9.97 Å². The zero-order valence-electron chi connectivity index (χ0n) is 8.66. The van der Waals surface area contributed by atoms with Crippen molar-refractivity contribution in [3.05, 3.63) is 35.4 Å². The Morgan fingerprint density at radius 1 is 0.895 bits per heavy atom. The van der Waals surface area contributed by atoms with Gasteiger partial charge < -0.3 is 0 Å². The summed E-state index contributed by atoms with van der Waals surface area (Å²) in [6, 6.07) is 0. The molecule has 0 N–H and O–H groups in total. The van der Waals surface area contributed by atoms with E-state index in [1.807, 2.05) is 0 Å². The van der Waals surface area contributed by atoms with Gasteiger partial charge in [-0.15, -0.1) is 10.2 Å². The van der Waals surface area contributed by atoms with E-state index in [1.54, 1.807) is 0 Å². The highest BCUT2D eigenvalue weighted by molar-refractivity contribution is 7.19. The van der Waals surface area contributed by atoms with Gasteiger partial charge in [0.15, 0.2) is 28.3 Å². The molecule has 0 saturated carbocycles. The predicted molar refractivity (Wildman–Crippen MR) is 53.9 cm³/mol. The molecule has 0 amide bonds. The number of hydrogen-bond acceptors (Lipinski definition) is 4. The molecule has 2 heterocycles. The second-order valence-electron chi connectivity index (χ2n) is 3.41. The summed E-state index contributed by atoms with van der Waals surface area (Å²) in [4.78, 5) is 0.166. The Morgan fingerprint density at radius 3 is 2.05 bits per heavy atom.